The van der Waals surface area contributed by atoms with E-state index in [1.807, 2.05) is 43.3 Å². The van der Waals surface area contributed by atoms with Gasteiger partial charge in [0, 0.05) is 0 Å². The van der Waals surface area contributed by atoms with Gasteiger partial charge in [0.15, 0.2) is 18.1 Å². The van der Waals surface area contributed by atoms with Crippen molar-refractivity contribution in [1.29, 1.82) is 5.26 Å². The van der Waals surface area contributed by atoms with E-state index in [-0.39, 0.29) is 34.7 Å². The normalized spacial score (nSPS) is 11.8. The van der Waals surface area contributed by atoms with Crippen molar-refractivity contribution in [2.75, 3.05) is 20.3 Å². The molecule has 8 heteroatoms. The Morgan fingerprint density at radius 2 is 1.94 bits per heavy atom. The Kier molecular flexibility index (Phi) is 8.92. The van der Waals surface area contributed by atoms with Gasteiger partial charge in [-0.15, -0.1) is 0 Å². The van der Waals surface area contributed by atoms with Crippen LogP contribution < -0.4 is 14.8 Å². The zero-order chi connectivity index (χ0) is 22.8. The monoisotopic (exact) mass is 442 g/mol. The second-order valence-corrected chi connectivity index (χ2v) is 6.81. The molecule has 2 rings (SSSR count). The fourth-order valence-electron chi connectivity index (χ4n) is 2.68. The minimum Gasteiger partial charge on any atom is -0.490 e. The number of nitrogens with zero attached hydrogens (tertiary/aromatic N) is 1. The molecule has 0 fully saturated rings. The largest absolute Gasteiger partial charge is 0.490 e. The van der Waals surface area contributed by atoms with Gasteiger partial charge in [-0.25, -0.2) is 4.79 Å². The van der Waals surface area contributed by atoms with Crippen LogP contribution in [-0.2, 0) is 14.3 Å². The lowest BCUT2D eigenvalue weighted by atomic mass is 10.1. The summed E-state index contributed by atoms with van der Waals surface area (Å²) in [4.78, 5) is 24.0. The molecule has 0 aliphatic rings. The van der Waals surface area contributed by atoms with Crippen LogP contribution in [0.3, 0.4) is 0 Å². The molecule has 0 saturated carbocycles. The number of methoxy groups -OCH3 is 1. The number of hydrogen-bond acceptors (Lipinski definition) is 6. The third-order valence-electron chi connectivity index (χ3n) is 4.22. The van der Waals surface area contributed by atoms with E-state index in [1.165, 1.54) is 19.3 Å². The predicted molar refractivity (Wildman–Crippen MR) is 117 cm³/mol. The van der Waals surface area contributed by atoms with Crippen molar-refractivity contribution in [2.45, 2.75) is 19.9 Å². The van der Waals surface area contributed by atoms with Crippen LogP contribution in [-0.4, -0.2) is 32.2 Å². The first-order valence-corrected chi connectivity index (χ1v) is 9.90. The maximum Gasteiger partial charge on any atom is 0.343 e. The molecule has 0 bridgehead atoms. The molecule has 1 amide bonds. The fraction of sp³-hybridized carbons (Fsp3) is 0.261. The van der Waals surface area contributed by atoms with Crippen molar-refractivity contribution < 1.29 is 23.8 Å². The molecule has 0 spiro atoms. The van der Waals surface area contributed by atoms with Gasteiger partial charge in [-0.3, -0.25) is 4.79 Å². The number of nitrogens with one attached hydrogen (secondary N) is 1. The van der Waals surface area contributed by atoms with E-state index in [9.17, 15) is 14.9 Å². The minimum atomic E-state index is -0.571. The average molecular weight is 443 g/mol. The Balaban J connectivity index is 2.27. The van der Waals surface area contributed by atoms with Crippen LogP contribution in [0, 0.1) is 11.3 Å². The Hall–Kier alpha value is -3.50. The Bertz CT molecular complexity index is 999. The zero-order valence-corrected chi connectivity index (χ0v) is 18.2. The van der Waals surface area contributed by atoms with E-state index >= 15 is 0 Å². The van der Waals surface area contributed by atoms with E-state index < -0.39 is 11.9 Å². The molecule has 0 aromatic heterocycles. The molecule has 31 heavy (non-hydrogen) atoms. The highest BCUT2D eigenvalue weighted by atomic mass is 35.5. The van der Waals surface area contributed by atoms with Gasteiger partial charge in [0.05, 0.1) is 24.8 Å². The first-order valence-electron chi connectivity index (χ1n) is 9.53. The van der Waals surface area contributed by atoms with Crippen molar-refractivity contribution in [3.63, 3.8) is 0 Å². The van der Waals surface area contributed by atoms with E-state index in [4.69, 9.17) is 21.1 Å². The highest BCUT2D eigenvalue weighted by molar-refractivity contribution is 6.32. The molecule has 0 saturated heterocycles. The lowest BCUT2D eigenvalue weighted by molar-refractivity contribution is -0.142. The van der Waals surface area contributed by atoms with Gasteiger partial charge >= 0.3 is 5.97 Å². The number of esters is 1. The summed E-state index contributed by atoms with van der Waals surface area (Å²) >= 11 is 6.30. The molecule has 0 aliphatic carbocycles. The van der Waals surface area contributed by atoms with Crippen LogP contribution in [0.1, 0.15) is 31.0 Å². The van der Waals surface area contributed by atoms with Gasteiger partial charge in [0.1, 0.15) is 11.6 Å². The van der Waals surface area contributed by atoms with E-state index in [2.05, 4.69) is 10.1 Å². The molecular weight excluding hydrogens is 420 g/mol. The first kappa shape index (κ1) is 23.8. The summed E-state index contributed by atoms with van der Waals surface area (Å²) in [5.74, 6) is -0.635. The van der Waals surface area contributed by atoms with Gasteiger partial charge in [-0.1, -0.05) is 41.9 Å². The lowest BCUT2D eigenvalue weighted by Crippen LogP contribution is -2.27. The summed E-state index contributed by atoms with van der Waals surface area (Å²) in [6.45, 7) is 3.59. The number of carbonyl (C=O) groups is 2. The third-order valence-corrected chi connectivity index (χ3v) is 4.50. The van der Waals surface area contributed by atoms with Gasteiger partial charge in [-0.05, 0) is 43.2 Å². The third kappa shape index (κ3) is 6.76. The number of benzene rings is 2. The zero-order valence-electron chi connectivity index (χ0n) is 17.5. The molecule has 2 aromatic carbocycles. The smallest absolute Gasteiger partial charge is 0.343 e. The van der Waals surface area contributed by atoms with Crippen LogP contribution in [0.15, 0.2) is 48.0 Å². The fourth-order valence-corrected chi connectivity index (χ4v) is 2.95. The first-order chi connectivity index (χ1) is 14.9. The predicted octanol–water partition coefficient (Wildman–Crippen LogP) is 4.07. The van der Waals surface area contributed by atoms with Crippen LogP contribution in [0.2, 0.25) is 5.02 Å². The van der Waals surface area contributed by atoms with Crippen LogP contribution in [0.5, 0.6) is 11.5 Å². The van der Waals surface area contributed by atoms with Gasteiger partial charge < -0.3 is 19.5 Å². The van der Waals surface area contributed by atoms with E-state index in [0.29, 0.717) is 12.2 Å². The highest BCUT2D eigenvalue weighted by Gasteiger charge is 2.17. The Morgan fingerprint density at radius 1 is 1.23 bits per heavy atom. The summed E-state index contributed by atoms with van der Waals surface area (Å²) in [6.07, 6.45) is 1.41. The number of carbonyl (C=O) groups excluding carboxylic acids is 2. The molecule has 0 heterocycles. The number of rotatable bonds is 9. The Morgan fingerprint density at radius 3 is 2.55 bits per heavy atom. The topological polar surface area (TPSA) is 97.6 Å². The number of hydrogen-bond donors (Lipinski definition) is 1. The average Bonchev–Trinajstić information content (AvgIpc) is 2.77. The maximum atomic E-state index is 12.6. The van der Waals surface area contributed by atoms with Crippen molar-refractivity contribution in [3.8, 4) is 17.6 Å². The van der Waals surface area contributed by atoms with Crippen molar-refractivity contribution >= 4 is 29.6 Å². The number of nitriles is 1. The molecular formula is C23H23ClN2O5. The van der Waals surface area contributed by atoms with Crippen molar-refractivity contribution in [3.05, 3.63) is 64.2 Å². The van der Waals surface area contributed by atoms with Gasteiger partial charge in [0.25, 0.3) is 5.91 Å². The summed E-state index contributed by atoms with van der Waals surface area (Å²) in [5.41, 5.74) is 1.30. The van der Waals surface area contributed by atoms with E-state index in [0.717, 1.165) is 5.56 Å². The minimum absolute atomic E-state index is 0.0930. The summed E-state index contributed by atoms with van der Waals surface area (Å²) < 4.78 is 15.5. The van der Waals surface area contributed by atoms with Crippen molar-refractivity contribution in [1.82, 2.24) is 5.32 Å². The standard InChI is InChI=1S/C23H23ClN2O5/c1-4-30-20-12-16(11-19(24)22(20)31-14-21(27)29-3)10-18(13-25)23(28)26-15(2)17-8-6-5-7-9-17/h5-12,15H,4,14H2,1-3H3,(H,26,28)/b18-10-/t15-/m1/s1. The number of halogens is 1. The second kappa shape index (κ2) is 11.6. The molecule has 0 aliphatic heterocycles. The van der Waals surface area contributed by atoms with Gasteiger partial charge in [0.2, 0.25) is 0 Å². The van der Waals surface area contributed by atoms with Crippen LogP contribution in [0.25, 0.3) is 6.08 Å². The lowest BCUT2D eigenvalue weighted by Gasteiger charge is -2.15. The number of ether oxygens (including phenoxy) is 3. The molecule has 162 valence electrons. The Labute approximate surface area is 186 Å². The molecule has 0 radical (unpaired) electrons. The van der Waals surface area contributed by atoms with Crippen LogP contribution in [0.4, 0.5) is 0 Å². The molecule has 0 unspecified atom stereocenters. The maximum absolute atomic E-state index is 12.6. The summed E-state index contributed by atoms with van der Waals surface area (Å²) in [6, 6.07) is 14.1. The highest BCUT2D eigenvalue weighted by Crippen LogP contribution is 2.37. The van der Waals surface area contributed by atoms with Crippen LogP contribution >= 0.6 is 11.6 Å². The molecule has 7 nitrogen and oxygen atoms in total. The molecule has 1 atom stereocenters. The summed E-state index contributed by atoms with van der Waals surface area (Å²) in [7, 11) is 1.25. The molecule has 1 N–H and O–H groups in total. The quantitative estimate of drug-likeness (QED) is 0.357. The SMILES string of the molecule is CCOc1cc(/C=C(/C#N)C(=O)N[C@H](C)c2ccccc2)cc(Cl)c1OCC(=O)OC. The summed E-state index contributed by atoms with van der Waals surface area (Å²) in [5, 5.41) is 12.5. The number of amides is 1. The second-order valence-electron chi connectivity index (χ2n) is 6.40. The molecule has 2 aromatic rings. The van der Waals surface area contributed by atoms with Crippen molar-refractivity contribution in [2.24, 2.45) is 0 Å². The van der Waals surface area contributed by atoms with Gasteiger partial charge in [-0.2, -0.15) is 5.26 Å². The van der Waals surface area contributed by atoms with E-state index in [1.54, 1.807) is 13.0 Å².